The van der Waals surface area contributed by atoms with Crippen LogP contribution in [-0.2, 0) is 19.2 Å². The Kier molecular flexibility index (Phi) is 5.92. The second-order valence-corrected chi connectivity index (χ2v) is 5.53. The summed E-state index contributed by atoms with van der Waals surface area (Å²) in [5, 5.41) is 17.7. The number of piperidine rings is 1. The summed E-state index contributed by atoms with van der Waals surface area (Å²) in [5.74, 6) is -1.83. The van der Waals surface area contributed by atoms with E-state index in [0.717, 1.165) is 19.4 Å². The van der Waals surface area contributed by atoms with Gasteiger partial charge >= 0.3 is 11.9 Å². The number of hydrogen-bond acceptors (Lipinski definition) is 6. The molecule has 3 atom stereocenters. The molecule has 120 valence electrons. The van der Waals surface area contributed by atoms with Crippen LogP contribution >= 0.6 is 0 Å². The van der Waals surface area contributed by atoms with Crippen LogP contribution in [0, 0.1) is 0 Å². The lowest BCUT2D eigenvalue weighted by Crippen LogP contribution is -2.48. The third-order valence-corrected chi connectivity index (χ3v) is 3.92. The van der Waals surface area contributed by atoms with Gasteiger partial charge in [0.05, 0.1) is 18.8 Å². The van der Waals surface area contributed by atoms with Gasteiger partial charge in [0.25, 0.3) is 0 Å². The van der Waals surface area contributed by atoms with Crippen LogP contribution in [-0.4, -0.2) is 71.5 Å². The summed E-state index contributed by atoms with van der Waals surface area (Å²) in [6.45, 7) is 1.09. The number of hydrogen-bond donors (Lipinski definition) is 3. The van der Waals surface area contributed by atoms with E-state index in [-0.39, 0.29) is 31.4 Å². The number of carbonyl (C=O) groups is 2. The van der Waals surface area contributed by atoms with Gasteiger partial charge < -0.3 is 14.9 Å². The van der Waals surface area contributed by atoms with Gasteiger partial charge in [-0.05, 0) is 25.7 Å². The molecule has 8 nitrogen and oxygen atoms in total. The highest BCUT2D eigenvalue weighted by molar-refractivity contribution is 5.69. The molecule has 0 aromatic rings. The van der Waals surface area contributed by atoms with Crippen molar-refractivity contribution in [3.05, 3.63) is 0 Å². The maximum Gasteiger partial charge on any atom is 0.329 e. The Morgan fingerprint density at radius 2 is 2.10 bits per heavy atom. The number of likely N-dealkylation sites (tertiary alicyclic amines) is 1. The molecule has 0 amide bonds. The fourth-order valence-corrected chi connectivity index (χ4v) is 2.96. The van der Waals surface area contributed by atoms with Crippen LogP contribution in [0.4, 0.5) is 0 Å². The third-order valence-electron chi connectivity index (χ3n) is 3.92. The molecule has 0 radical (unpaired) electrons. The Balaban J connectivity index is 1.89. The van der Waals surface area contributed by atoms with Gasteiger partial charge in [0, 0.05) is 19.1 Å². The Labute approximate surface area is 123 Å². The van der Waals surface area contributed by atoms with Crippen LogP contribution < -0.4 is 5.48 Å². The molecule has 2 rings (SSSR count). The molecule has 0 bridgehead atoms. The molecule has 0 spiro atoms. The summed E-state index contributed by atoms with van der Waals surface area (Å²) < 4.78 is 5.36. The zero-order chi connectivity index (χ0) is 15.2. The van der Waals surface area contributed by atoms with Crippen molar-refractivity contribution in [1.82, 2.24) is 10.4 Å². The number of aliphatic carboxylic acids is 2. The average molecular weight is 302 g/mol. The molecular formula is C13H22N2O6. The van der Waals surface area contributed by atoms with Gasteiger partial charge in [-0.3, -0.25) is 14.5 Å². The Morgan fingerprint density at radius 3 is 2.71 bits per heavy atom. The van der Waals surface area contributed by atoms with Gasteiger partial charge in [-0.15, -0.1) is 0 Å². The van der Waals surface area contributed by atoms with Gasteiger partial charge in [0.1, 0.15) is 6.61 Å². The van der Waals surface area contributed by atoms with Crippen LogP contribution in [0.25, 0.3) is 0 Å². The largest absolute Gasteiger partial charge is 0.480 e. The highest BCUT2D eigenvalue weighted by Crippen LogP contribution is 2.25. The predicted octanol–water partition coefficient (Wildman–Crippen LogP) is -0.311. The minimum atomic E-state index is -0.983. The van der Waals surface area contributed by atoms with Crippen LogP contribution in [0.2, 0.25) is 0 Å². The predicted molar refractivity (Wildman–Crippen MR) is 71.7 cm³/mol. The van der Waals surface area contributed by atoms with Gasteiger partial charge in [-0.25, -0.2) is 10.3 Å². The summed E-state index contributed by atoms with van der Waals surface area (Å²) in [7, 11) is 0. The second-order valence-electron chi connectivity index (χ2n) is 5.53. The van der Waals surface area contributed by atoms with E-state index in [1.807, 2.05) is 4.90 Å². The first kappa shape index (κ1) is 16.2. The topological polar surface area (TPSA) is 108 Å². The van der Waals surface area contributed by atoms with E-state index in [1.165, 1.54) is 0 Å². The minimum absolute atomic E-state index is 0.00351. The molecule has 2 aliphatic heterocycles. The average Bonchev–Trinajstić information content (AvgIpc) is 2.91. The van der Waals surface area contributed by atoms with E-state index in [1.54, 1.807) is 0 Å². The summed E-state index contributed by atoms with van der Waals surface area (Å²) in [6.07, 6.45) is 2.86. The molecule has 21 heavy (non-hydrogen) atoms. The maximum atomic E-state index is 11.0. The first-order valence-electron chi connectivity index (χ1n) is 7.22. The molecule has 2 heterocycles. The molecule has 2 saturated heterocycles. The summed E-state index contributed by atoms with van der Waals surface area (Å²) in [4.78, 5) is 28.8. The van der Waals surface area contributed by atoms with E-state index >= 15 is 0 Å². The summed E-state index contributed by atoms with van der Waals surface area (Å²) in [5.41, 5.74) is 2.83. The first-order chi connectivity index (χ1) is 10.0. The molecule has 0 aliphatic carbocycles. The number of carboxylic acids is 2. The molecule has 8 heteroatoms. The Bertz CT molecular complexity index is 372. The molecule has 2 aliphatic rings. The zero-order valence-corrected chi connectivity index (χ0v) is 11.9. The molecular weight excluding hydrogens is 280 g/mol. The van der Waals surface area contributed by atoms with Gasteiger partial charge in [0.2, 0.25) is 0 Å². The summed E-state index contributed by atoms with van der Waals surface area (Å²) >= 11 is 0. The smallest absolute Gasteiger partial charge is 0.329 e. The Morgan fingerprint density at radius 1 is 1.29 bits per heavy atom. The van der Waals surface area contributed by atoms with Crippen LogP contribution in [0.1, 0.15) is 25.7 Å². The van der Waals surface area contributed by atoms with Crippen molar-refractivity contribution >= 4 is 11.9 Å². The number of carboxylic acid groups (broad SMARTS) is 2. The first-order valence-corrected chi connectivity index (χ1v) is 7.22. The number of ether oxygens (including phenoxy) is 1. The van der Waals surface area contributed by atoms with Crippen LogP contribution in [0.5, 0.6) is 0 Å². The van der Waals surface area contributed by atoms with Crippen molar-refractivity contribution in [3.63, 3.8) is 0 Å². The molecule has 0 aromatic heterocycles. The Hall–Kier alpha value is -1.22. The molecule has 3 N–H and O–H groups in total. The van der Waals surface area contributed by atoms with E-state index in [2.05, 4.69) is 5.48 Å². The lowest BCUT2D eigenvalue weighted by Gasteiger charge is -2.39. The molecule has 0 aromatic carbocycles. The third kappa shape index (κ3) is 5.24. The number of hydroxylamine groups is 1. The number of rotatable bonds is 7. The molecule has 0 saturated carbocycles. The van der Waals surface area contributed by atoms with E-state index in [0.29, 0.717) is 19.4 Å². The van der Waals surface area contributed by atoms with Gasteiger partial charge in [-0.2, -0.15) is 0 Å². The van der Waals surface area contributed by atoms with Crippen molar-refractivity contribution < 1.29 is 29.4 Å². The van der Waals surface area contributed by atoms with Crippen molar-refractivity contribution in [2.24, 2.45) is 0 Å². The monoisotopic (exact) mass is 302 g/mol. The normalized spacial score (nSPS) is 30.4. The van der Waals surface area contributed by atoms with Crippen molar-refractivity contribution in [1.29, 1.82) is 0 Å². The maximum absolute atomic E-state index is 11.0. The highest BCUT2D eigenvalue weighted by atomic mass is 16.7. The summed E-state index contributed by atoms with van der Waals surface area (Å²) in [6, 6.07) is 0.0403. The van der Waals surface area contributed by atoms with E-state index in [4.69, 9.17) is 19.8 Å². The molecule has 3 unspecified atom stereocenters. The van der Waals surface area contributed by atoms with E-state index < -0.39 is 11.9 Å². The van der Waals surface area contributed by atoms with Gasteiger partial charge in [-0.1, -0.05) is 0 Å². The SMILES string of the molecule is O=C(O)COC1CCN(CC(=O)O)C(CC2CCNO2)C1. The van der Waals surface area contributed by atoms with Crippen LogP contribution in [0.3, 0.4) is 0 Å². The minimum Gasteiger partial charge on any atom is -0.480 e. The highest BCUT2D eigenvalue weighted by Gasteiger charge is 2.33. The van der Waals surface area contributed by atoms with Gasteiger partial charge in [0.15, 0.2) is 0 Å². The van der Waals surface area contributed by atoms with Crippen molar-refractivity contribution in [3.8, 4) is 0 Å². The number of nitrogens with one attached hydrogen (secondary N) is 1. The standard InChI is InChI=1S/C13H22N2O6/c16-12(17)7-15-4-2-10(20-8-13(18)19)5-9(15)6-11-1-3-14-21-11/h9-11,14H,1-8H2,(H,16,17)(H,18,19). The quantitative estimate of drug-likeness (QED) is 0.587. The molecule has 2 fully saturated rings. The number of nitrogens with zero attached hydrogens (tertiary/aromatic N) is 1. The van der Waals surface area contributed by atoms with Crippen molar-refractivity contribution in [2.75, 3.05) is 26.2 Å². The van der Waals surface area contributed by atoms with Crippen LogP contribution in [0.15, 0.2) is 0 Å². The lowest BCUT2D eigenvalue weighted by molar-refractivity contribution is -0.146. The fourth-order valence-electron chi connectivity index (χ4n) is 2.96. The fraction of sp³-hybridized carbons (Fsp3) is 0.846. The lowest BCUT2D eigenvalue weighted by atomic mass is 9.94. The van der Waals surface area contributed by atoms with Crippen molar-refractivity contribution in [2.45, 2.75) is 43.9 Å². The zero-order valence-electron chi connectivity index (χ0n) is 11.9. The van der Waals surface area contributed by atoms with E-state index in [9.17, 15) is 9.59 Å². The second kappa shape index (κ2) is 7.69.